The van der Waals surface area contributed by atoms with E-state index in [2.05, 4.69) is 0 Å². The minimum absolute atomic E-state index is 0.0463. The topological polar surface area (TPSA) is 86.0 Å². The van der Waals surface area contributed by atoms with Crippen molar-refractivity contribution in [1.82, 2.24) is 4.90 Å². The standard InChI is InChI=1S/C19H23NO6S/c1-24-17-9-8-14(11-18(17)26-27(2,22)23)12-20(13-16-7-4-10-25-16)19(21)15-5-3-6-15/h4,7-11,15H,3,5-6,12-13H2,1-2H3. The van der Waals surface area contributed by atoms with Gasteiger partial charge in [0.1, 0.15) is 5.76 Å². The highest BCUT2D eigenvalue weighted by Crippen LogP contribution is 2.32. The zero-order valence-electron chi connectivity index (χ0n) is 15.4. The number of amides is 1. The van der Waals surface area contributed by atoms with E-state index >= 15 is 0 Å². The SMILES string of the molecule is COc1ccc(CN(Cc2ccco2)C(=O)C2CCC2)cc1OS(C)(=O)=O. The van der Waals surface area contributed by atoms with Crippen LogP contribution in [0.25, 0.3) is 0 Å². The van der Waals surface area contributed by atoms with Gasteiger partial charge in [-0.1, -0.05) is 12.5 Å². The Morgan fingerprint density at radius 3 is 2.56 bits per heavy atom. The number of rotatable bonds is 8. The first-order valence-electron chi connectivity index (χ1n) is 8.73. The van der Waals surface area contributed by atoms with E-state index in [-0.39, 0.29) is 17.6 Å². The van der Waals surface area contributed by atoms with Crippen molar-refractivity contribution in [1.29, 1.82) is 0 Å². The molecule has 0 bridgehead atoms. The van der Waals surface area contributed by atoms with Gasteiger partial charge in [0, 0.05) is 12.5 Å². The molecular formula is C19H23NO6S. The zero-order chi connectivity index (χ0) is 19.4. The molecule has 0 atom stereocenters. The first-order chi connectivity index (χ1) is 12.9. The van der Waals surface area contributed by atoms with E-state index in [1.54, 1.807) is 35.4 Å². The van der Waals surface area contributed by atoms with E-state index in [0.29, 0.717) is 24.6 Å². The molecule has 1 saturated carbocycles. The molecule has 1 aromatic heterocycles. The highest BCUT2D eigenvalue weighted by molar-refractivity contribution is 7.86. The van der Waals surface area contributed by atoms with Crippen LogP contribution in [-0.2, 0) is 28.0 Å². The van der Waals surface area contributed by atoms with Crippen molar-refractivity contribution in [3.8, 4) is 11.5 Å². The first-order valence-corrected chi connectivity index (χ1v) is 10.5. The minimum atomic E-state index is -3.70. The predicted molar refractivity (Wildman–Crippen MR) is 98.8 cm³/mol. The number of furan rings is 1. The van der Waals surface area contributed by atoms with E-state index in [1.165, 1.54) is 7.11 Å². The minimum Gasteiger partial charge on any atom is -0.493 e. The van der Waals surface area contributed by atoms with Crippen LogP contribution in [0.15, 0.2) is 41.0 Å². The third kappa shape index (κ3) is 5.03. The van der Waals surface area contributed by atoms with Crippen LogP contribution < -0.4 is 8.92 Å². The van der Waals surface area contributed by atoms with Gasteiger partial charge in [-0.3, -0.25) is 4.79 Å². The third-order valence-electron chi connectivity index (χ3n) is 4.54. The fourth-order valence-corrected chi connectivity index (χ4v) is 3.44. The first kappa shape index (κ1) is 19.3. The summed E-state index contributed by atoms with van der Waals surface area (Å²) in [5.74, 6) is 1.24. The molecule has 2 aromatic rings. The second-order valence-corrected chi connectivity index (χ2v) is 8.25. The quantitative estimate of drug-likeness (QED) is 0.641. The summed E-state index contributed by atoms with van der Waals surface area (Å²) in [6.45, 7) is 0.677. The molecule has 0 unspecified atom stereocenters. The number of methoxy groups -OCH3 is 1. The van der Waals surface area contributed by atoms with Gasteiger partial charge in [0.2, 0.25) is 5.91 Å². The summed E-state index contributed by atoms with van der Waals surface area (Å²) in [6.07, 6.45) is 5.42. The monoisotopic (exact) mass is 393 g/mol. The number of benzene rings is 1. The molecule has 1 aromatic carbocycles. The number of nitrogens with zero attached hydrogens (tertiary/aromatic N) is 1. The van der Waals surface area contributed by atoms with Crippen molar-refractivity contribution in [2.24, 2.45) is 5.92 Å². The van der Waals surface area contributed by atoms with E-state index in [4.69, 9.17) is 13.3 Å². The largest absolute Gasteiger partial charge is 0.493 e. The van der Waals surface area contributed by atoms with Crippen LogP contribution in [0.3, 0.4) is 0 Å². The summed E-state index contributed by atoms with van der Waals surface area (Å²) >= 11 is 0. The molecule has 1 aliphatic carbocycles. The van der Waals surface area contributed by atoms with Crippen LogP contribution in [0.2, 0.25) is 0 Å². The van der Waals surface area contributed by atoms with Gasteiger partial charge in [0.05, 0.1) is 26.2 Å². The normalized spacial score (nSPS) is 14.4. The maximum Gasteiger partial charge on any atom is 0.306 e. The molecule has 7 nitrogen and oxygen atoms in total. The Morgan fingerprint density at radius 2 is 2.00 bits per heavy atom. The average Bonchev–Trinajstić information content (AvgIpc) is 3.04. The van der Waals surface area contributed by atoms with Crippen molar-refractivity contribution >= 4 is 16.0 Å². The summed E-state index contributed by atoms with van der Waals surface area (Å²) in [5.41, 5.74) is 0.744. The Bertz CT molecular complexity index is 887. The van der Waals surface area contributed by atoms with Crippen molar-refractivity contribution in [3.63, 3.8) is 0 Å². The predicted octanol–water partition coefficient (Wildman–Crippen LogP) is 2.96. The highest BCUT2D eigenvalue weighted by Gasteiger charge is 2.30. The lowest BCUT2D eigenvalue weighted by Gasteiger charge is -2.31. The number of hydrogen-bond acceptors (Lipinski definition) is 6. The molecule has 1 fully saturated rings. The van der Waals surface area contributed by atoms with Crippen LogP contribution in [0.4, 0.5) is 0 Å². The molecule has 0 radical (unpaired) electrons. The second-order valence-electron chi connectivity index (χ2n) is 6.67. The fraction of sp³-hybridized carbons (Fsp3) is 0.421. The zero-order valence-corrected chi connectivity index (χ0v) is 16.2. The number of ether oxygens (including phenoxy) is 1. The van der Waals surface area contributed by atoms with Crippen molar-refractivity contribution < 1.29 is 26.5 Å². The lowest BCUT2D eigenvalue weighted by atomic mass is 9.84. The van der Waals surface area contributed by atoms with Gasteiger partial charge in [-0.05, 0) is 42.7 Å². The van der Waals surface area contributed by atoms with Gasteiger partial charge in [-0.15, -0.1) is 0 Å². The summed E-state index contributed by atoms with van der Waals surface area (Å²) in [6, 6.07) is 8.62. The molecule has 0 N–H and O–H groups in total. The fourth-order valence-electron chi connectivity index (χ4n) is 2.98. The molecule has 27 heavy (non-hydrogen) atoms. The molecule has 1 amide bonds. The second kappa shape index (κ2) is 8.04. The summed E-state index contributed by atoms with van der Waals surface area (Å²) in [7, 11) is -2.26. The molecule has 146 valence electrons. The number of carbonyl (C=O) groups excluding carboxylic acids is 1. The molecule has 1 aliphatic rings. The Balaban J connectivity index is 1.83. The Hall–Kier alpha value is -2.48. The van der Waals surface area contributed by atoms with Crippen LogP contribution >= 0.6 is 0 Å². The van der Waals surface area contributed by atoms with Crippen molar-refractivity contribution in [3.05, 3.63) is 47.9 Å². The lowest BCUT2D eigenvalue weighted by Crippen LogP contribution is -2.38. The Morgan fingerprint density at radius 1 is 1.22 bits per heavy atom. The summed E-state index contributed by atoms with van der Waals surface area (Å²) < 4.78 is 38.6. The van der Waals surface area contributed by atoms with Gasteiger partial charge in [0.15, 0.2) is 11.5 Å². The Labute approximate surface area is 159 Å². The molecular weight excluding hydrogens is 370 g/mol. The highest BCUT2D eigenvalue weighted by atomic mass is 32.2. The van der Waals surface area contributed by atoms with Crippen LogP contribution in [0, 0.1) is 5.92 Å². The van der Waals surface area contributed by atoms with Crippen LogP contribution in [-0.4, -0.2) is 32.6 Å². The van der Waals surface area contributed by atoms with Crippen molar-refractivity contribution in [2.45, 2.75) is 32.4 Å². The van der Waals surface area contributed by atoms with Gasteiger partial charge in [0.25, 0.3) is 0 Å². The number of carbonyl (C=O) groups is 1. The maximum absolute atomic E-state index is 12.8. The molecule has 8 heteroatoms. The average molecular weight is 393 g/mol. The van der Waals surface area contributed by atoms with Crippen LogP contribution in [0.1, 0.15) is 30.6 Å². The Kier molecular flexibility index (Phi) is 5.74. The maximum atomic E-state index is 12.8. The van der Waals surface area contributed by atoms with Crippen molar-refractivity contribution in [2.75, 3.05) is 13.4 Å². The van der Waals surface area contributed by atoms with Crippen LogP contribution in [0.5, 0.6) is 11.5 Å². The molecule has 0 saturated heterocycles. The molecule has 0 aliphatic heterocycles. The molecule has 1 heterocycles. The summed E-state index contributed by atoms with van der Waals surface area (Å²) in [5, 5.41) is 0. The van der Waals surface area contributed by atoms with E-state index in [1.807, 2.05) is 6.07 Å². The van der Waals surface area contributed by atoms with E-state index in [9.17, 15) is 13.2 Å². The van der Waals surface area contributed by atoms with Gasteiger partial charge in [-0.25, -0.2) is 0 Å². The third-order valence-corrected chi connectivity index (χ3v) is 5.02. The van der Waals surface area contributed by atoms with E-state index < -0.39 is 10.1 Å². The lowest BCUT2D eigenvalue weighted by molar-refractivity contribution is -0.139. The van der Waals surface area contributed by atoms with E-state index in [0.717, 1.165) is 31.1 Å². The van der Waals surface area contributed by atoms with Gasteiger partial charge >= 0.3 is 10.1 Å². The number of hydrogen-bond donors (Lipinski definition) is 0. The van der Waals surface area contributed by atoms with Gasteiger partial charge in [-0.2, -0.15) is 8.42 Å². The van der Waals surface area contributed by atoms with Gasteiger partial charge < -0.3 is 18.2 Å². The molecule has 3 rings (SSSR count). The molecule has 0 spiro atoms. The summed E-state index contributed by atoms with van der Waals surface area (Å²) in [4.78, 5) is 14.6. The smallest absolute Gasteiger partial charge is 0.306 e.